The first-order valence-corrected chi connectivity index (χ1v) is 10.3. The second-order valence-electron chi connectivity index (χ2n) is 6.84. The number of carbonyl (C=O) groups excluding carboxylic acids is 1. The van der Waals surface area contributed by atoms with Crippen LogP contribution in [0.25, 0.3) is 6.08 Å². The third kappa shape index (κ3) is 5.80. The van der Waals surface area contributed by atoms with Crippen LogP contribution in [0.2, 0.25) is 0 Å². The lowest BCUT2D eigenvalue weighted by Gasteiger charge is -2.10. The maximum absolute atomic E-state index is 12.5. The van der Waals surface area contributed by atoms with Gasteiger partial charge in [-0.1, -0.05) is 36.4 Å². The molecule has 0 aliphatic heterocycles. The molecule has 32 heavy (non-hydrogen) atoms. The summed E-state index contributed by atoms with van der Waals surface area (Å²) in [5, 5.41) is 23.1. The van der Waals surface area contributed by atoms with Crippen molar-refractivity contribution >= 4 is 39.3 Å². The summed E-state index contributed by atoms with van der Waals surface area (Å²) >= 11 is 3.42. The number of aryl methyl sites for hydroxylation is 1. The molecule has 0 unspecified atom stereocenters. The molecule has 0 fully saturated rings. The van der Waals surface area contributed by atoms with Crippen molar-refractivity contribution in [2.45, 2.75) is 13.5 Å². The van der Waals surface area contributed by atoms with Gasteiger partial charge in [0.05, 0.1) is 9.40 Å². The van der Waals surface area contributed by atoms with E-state index in [0.717, 1.165) is 5.56 Å². The van der Waals surface area contributed by atoms with Gasteiger partial charge in [0.1, 0.15) is 24.0 Å². The van der Waals surface area contributed by atoms with Crippen LogP contribution in [-0.2, 0) is 11.4 Å². The average molecular weight is 492 g/mol. The third-order valence-corrected chi connectivity index (χ3v) is 5.16. The molecule has 3 aromatic carbocycles. The monoisotopic (exact) mass is 491 g/mol. The summed E-state index contributed by atoms with van der Waals surface area (Å²) in [6.45, 7) is 2.02. The van der Waals surface area contributed by atoms with Crippen LogP contribution in [0.4, 0.5) is 11.4 Å². The Morgan fingerprint density at radius 2 is 1.97 bits per heavy atom. The summed E-state index contributed by atoms with van der Waals surface area (Å²) in [5.41, 5.74) is 2.80. The Hall–Kier alpha value is -3.96. The molecule has 0 saturated heterocycles. The van der Waals surface area contributed by atoms with Crippen molar-refractivity contribution in [3.05, 3.63) is 104 Å². The predicted octanol–water partition coefficient (Wildman–Crippen LogP) is 5.79. The molecule has 8 heteroatoms. The molecule has 160 valence electrons. The SMILES string of the molecule is Cc1ccccc1NC(=O)/C(C#N)=C\c1ccc(OCc2cccc([N+](=O)[O-])c2)c(Br)c1. The van der Waals surface area contributed by atoms with E-state index in [1.165, 1.54) is 18.2 Å². The van der Waals surface area contributed by atoms with E-state index < -0.39 is 10.8 Å². The molecule has 0 aliphatic rings. The van der Waals surface area contributed by atoms with E-state index in [-0.39, 0.29) is 17.9 Å². The highest BCUT2D eigenvalue weighted by Gasteiger charge is 2.12. The summed E-state index contributed by atoms with van der Waals surface area (Å²) in [7, 11) is 0. The first-order valence-electron chi connectivity index (χ1n) is 9.52. The number of hydrogen-bond acceptors (Lipinski definition) is 5. The van der Waals surface area contributed by atoms with Crippen molar-refractivity contribution in [3.8, 4) is 11.8 Å². The molecule has 3 rings (SSSR count). The number of nitro groups is 1. The summed E-state index contributed by atoms with van der Waals surface area (Å²) in [6, 6.07) is 20.6. The van der Waals surface area contributed by atoms with Gasteiger partial charge >= 0.3 is 0 Å². The molecule has 3 aromatic rings. The second-order valence-corrected chi connectivity index (χ2v) is 7.70. The number of rotatable bonds is 7. The van der Waals surface area contributed by atoms with E-state index in [1.807, 2.05) is 31.2 Å². The van der Waals surface area contributed by atoms with Crippen LogP contribution in [0.3, 0.4) is 0 Å². The normalized spacial score (nSPS) is 10.8. The van der Waals surface area contributed by atoms with Crippen LogP contribution < -0.4 is 10.1 Å². The number of para-hydroxylation sites is 1. The third-order valence-electron chi connectivity index (χ3n) is 4.54. The van der Waals surface area contributed by atoms with Gasteiger partial charge < -0.3 is 10.1 Å². The number of ether oxygens (including phenoxy) is 1. The Labute approximate surface area is 193 Å². The number of amides is 1. The van der Waals surface area contributed by atoms with Crippen molar-refractivity contribution in [1.82, 2.24) is 0 Å². The van der Waals surface area contributed by atoms with Gasteiger partial charge in [-0.15, -0.1) is 0 Å². The molecule has 0 saturated carbocycles. The zero-order valence-corrected chi connectivity index (χ0v) is 18.6. The minimum absolute atomic E-state index is 0.00124. The van der Waals surface area contributed by atoms with E-state index in [1.54, 1.807) is 36.4 Å². The number of nitrogens with zero attached hydrogens (tertiary/aromatic N) is 2. The number of benzene rings is 3. The summed E-state index contributed by atoms with van der Waals surface area (Å²) < 4.78 is 6.37. The Balaban J connectivity index is 1.72. The van der Waals surface area contributed by atoms with Gasteiger partial charge in [0.2, 0.25) is 0 Å². The maximum atomic E-state index is 12.5. The van der Waals surface area contributed by atoms with E-state index in [0.29, 0.717) is 27.0 Å². The predicted molar refractivity (Wildman–Crippen MR) is 125 cm³/mol. The molecule has 0 atom stereocenters. The number of halogens is 1. The largest absolute Gasteiger partial charge is 0.488 e. The van der Waals surface area contributed by atoms with Crippen molar-refractivity contribution in [1.29, 1.82) is 5.26 Å². The zero-order valence-electron chi connectivity index (χ0n) is 17.0. The molecule has 0 aromatic heterocycles. The smallest absolute Gasteiger partial charge is 0.269 e. The highest BCUT2D eigenvalue weighted by atomic mass is 79.9. The second kappa shape index (κ2) is 10.4. The molecular weight excluding hydrogens is 474 g/mol. The summed E-state index contributed by atoms with van der Waals surface area (Å²) in [4.78, 5) is 22.9. The molecule has 0 bridgehead atoms. The van der Waals surface area contributed by atoms with Gasteiger partial charge in [-0.3, -0.25) is 14.9 Å². The summed E-state index contributed by atoms with van der Waals surface area (Å²) in [6.07, 6.45) is 1.49. The fourth-order valence-corrected chi connectivity index (χ4v) is 3.37. The lowest BCUT2D eigenvalue weighted by atomic mass is 10.1. The van der Waals surface area contributed by atoms with Crippen LogP contribution in [0.1, 0.15) is 16.7 Å². The minimum Gasteiger partial charge on any atom is -0.488 e. The molecular formula is C24H18BrN3O4. The lowest BCUT2D eigenvalue weighted by Crippen LogP contribution is -2.14. The Morgan fingerprint density at radius 1 is 1.19 bits per heavy atom. The quantitative estimate of drug-likeness (QED) is 0.195. The average Bonchev–Trinajstić information content (AvgIpc) is 2.78. The Bertz CT molecular complexity index is 1250. The van der Waals surface area contributed by atoms with Gasteiger partial charge in [-0.2, -0.15) is 5.26 Å². The van der Waals surface area contributed by atoms with Crippen LogP contribution in [0.5, 0.6) is 5.75 Å². The highest BCUT2D eigenvalue weighted by molar-refractivity contribution is 9.10. The number of nitrogens with one attached hydrogen (secondary N) is 1. The van der Waals surface area contributed by atoms with Gasteiger partial charge in [0.25, 0.3) is 11.6 Å². The topological polar surface area (TPSA) is 105 Å². The van der Waals surface area contributed by atoms with Crippen molar-refractivity contribution < 1.29 is 14.5 Å². The zero-order chi connectivity index (χ0) is 23.1. The van der Waals surface area contributed by atoms with Gasteiger partial charge in [0.15, 0.2) is 0 Å². The van der Waals surface area contributed by atoms with Crippen molar-refractivity contribution in [2.75, 3.05) is 5.32 Å². The minimum atomic E-state index is -0.496. The first-order chi connectivity index (χ1) is 15.4. The fourth-order valence-electron chi connectivity index (χ4n) is 2.86. The van der Waals surface area contributed by atoms with Crippen LogP contribution in [-0.4, -0.2) is 10.8 Å². The van der Waals surface area contributed by atoms with E-state index >= 15 is 0 Å². The molecule has 0 radical (unpaired) electrons. The van der Waals surface area contributed by atoms with E-state index in [2.05, 4.69) is 21.2 Å². The molecule has 7 nitrogen and oxygen atoms in total. The lowest BCUT2D eigenvalue weighted by molar-refractivity contribution is -0.384. The highest BCUT2D eigenvalue weighted by Crippen LogP contribution is 2.28. The molecule has 0 heterocycles. The molecule has 1 amide bonds. The van der Waals surface area contributed by atoms with Crippen molar-refractivity contribution in [3.63, 3.8) is 0 Å². The van der Waals surface area contributed by atoms with Gasteiger partial charge in [-0.25, -0.2) is 0 Å². The fraction of sp³-hybridized carbons (Fsp3) is 0.0833. The number of nitro benzene ring substituents is 1. The number of non-ortho nitro benzene ring substituents is 1. The maximum Gasteiger partial charge on any atom is 0.269 e. The first kappa shape index (κ1) is 22.7. The van der Waals surface area contributed by atoms with Crippen LogP contribution in [0.15, 0.2) is 76.8 Å². The van der Waals surface area contributed by atoms with Gasteiger partial charge in [-0.05, 0) is 63.8 Å². The standard InChI is InChI=1S/C24H18BrN3O4/c1-16-5-2-3-8-22(16)27-24(29)19(14-26)11-17-9-10-23(21(25)13-17)32-15-18-6-4-7-20(12-18)28(30)31/h2-13H,15H2,1H3,(H,27,29)/b19-11-. The van der Waals surface area contributed by atoms with Crippen LogP contribution >= 0.6 is 15.9 Å². The van der Waals surface area contributed by atoms with Crippen LogP contribution in [0, 0.1) is 28.4 Å². The number of anilines is 1. The molecule has 0 spiro atoms. The molecule has 1 N–H and O–H groups in total. The van der Waals surface area contributed by atoms with E-state index in [4.69, 9.17) is 4.74 Å². The van der Waals surface area contributed by atoms with Crippen molar-refractivity contribution in [2.24, 2.45) is 0 Å². The van der Waals surface area contributed by atoms with Gasteiger partial charge in [0, 0.05) is 17.8 Å². The van der Waals surface area contributed by atoms with E-state index in [9.17, 15) is 20.2 Å². The Morgan fingerprint density at radius 3 is 2.66 bits per heavy atom. The number of nitriles is 1. The number of carbonyl (C=O) groups is 1. The number of hydrogen-bond donors (Lipinski definition) is 1. The summed E-state index contributed by atoms with van der Waals surface area (Å²) in [5.74, 6) is 0.0282. The Kier molecular flexibility index (Phi) is 7.37. The molecule has 0 aliphatic carbocycles.